The summed E-state index contributed by atoms with van der Waals surface area (Å²) < 4.78 is 5.66. The molecule has 4 aromatic carbocycles. The second-order valence-corrected chi connectivity index (χ2v) is 7.36. The van der Waals surface area contributed by atoms with Crippen molar-refractivity contribution in [2.24, 2.45) is 4.99 Å². The zero-order chi connectivity index (χ0) is 20.9. The van der Waals surface area contributed by atoms with E-state index in [1.165, 1.54) is 5.56 Å². The fraction of sp³-hybridized carbons (Fsp3) is 0.107. The van der Waals surface area contributed by atoms with Crippen LogP contribution in [-0.2, 0) is 0 Å². The van der Waals surface area contributed by atoms with Gasteiger partial charge in [-0.2, -0.15) is 0 Å². The van der Waals surface area contributed by atoms with E-state index in [2.05, 4.69) is 98.8 Å². The normalized spacial score (nSPS) is 11.4. The van der Waals surface area contributed by atoms with Gasteiger partial charge in [-0.25, -0.2) is 0 Å². The van der Waals surface area contributed by atoms with E-state index < -0.39 is 0 Å². The Bertz CT molecular complexity index is 1100. The van der Waals surface area contributed by atoms with Crippen molar-refractivity contribution in [1.29, 1.82) is 0 Å². The molecule has 0 saturated heterocycles. The molecule has 0 fully saturated rings. The summed E-state index contributed by atoms with van der Waals surface area (Å²) in [5.41, 5.74) is 8.78. The zero-order valence-electron chi connectivity index (χ0n) is 17.6. The molecule has 0 aromatic heterocycles. The van der Waals surface area contributed by atoms with Crippen LogP contribution in [0.4, 0.5) is 5.69 Å². The molecule has 0 radical (unpaired) electrons. The molecule has 0 saturated carbocycles. The van der Waals surface area contributed by atoms with Gasteiger partial charge in [-0.3, -0.25) is 4.99 Å². The molecular weight excluding hydrogens is 366 g/mol. The summed E-state index contributed by atoms with van der Waals surface area (Å²) in [5, 5.41) is 0. The van der Waals surface area contributed by atoms with E-state index in [4.69, 9.17) is 9.73 Å². The number of aryl methyl sites for hydroxylation is 1. The van der Waals surface area contributed by atoms with Crippen LogP contribution in [0.5, 0.6) is 5.75 Å². The lowest BCUT2D eigenvalue weighted by atomic mass is 9.89. The Morgan fingerprint density at radius 3 is 1.67 bits per heavy atom. The third-order valence-corrected chi connectivity index (χ3v) is 5.21. The molecule has 0 bridgehead atoms. The Morgan fingerprint density at radius 2 is 1.20 bits per heavy atom. The molecule has 0 aliphatic carbocycles. The Balaban J connectivity index is 1.99. The summed E-state index contributed by atoms with van der Waals surface area (Å²) in [5.74, 6) is 0.833. The lowest BCUT2D eigenvalue weighted by molar-refractivity contribution is 0.415. The zero-order valence-corrected chi connectivity index (χ0v) is 17.6. The molecule has 2 heteroatoms. The van der Waals surface area contributed by atoms with Crippen molar-refractivity contribution in [3.8, 4) is 28.0 Å². The first kappa shape index (κ1) is 19.7. The molecule has 0 aliphatic rings. The van der Waals surface area contributed by atoms with Crippen molar-refractivity contribution in [2.75, 3.05) is 7.11 Å². The predicted molar refractivity (Wildman–Crippen MR) is 127 cm³/mol. The van der Waals surface area contributed by atoms with Crippen molar-refractivity contribution in [2.45, 2.75) is 13.8 Å². The lowest BCUT2D eigenvalue weighted by Gasteiger charge is -2.18. The minimum absolute atomic E-state index is 0.833. The van der Waals surface area contributed by atoms with Gasteiger partial charge in [-0.15, -0.1) is 0 Å². The maximum Gasteiger partial charge on any atom is 0.120 e. The third kappa shape index (κ3) is 4.18. The Morgan fingerprint density at radius 1 is 0.700 bits per heavy atom. The Kier molecular flexibility index (Phi) is 5.76. The minimum atomic E-state index is 0.833. The van der Waals surface area contributed by atoms with Crippen LogP contribution in [0.15, 0.2) is 102 Å². The van der Waals surface area contributed by atoms with E-state index in [9.17, 15) is 0 Å². The van der Waals surface area contributed by atoms with E-state index in [0.29, 0.717) is 0 Å². The van der Waals surface area contributed by atoms with Gasteiger partial charge in [-0.05, 0) is 60.4 Å². The average molecular weight is 392 g/mol. The first-order valence-electron chi connectivity index (χ1n) is 10.1. The van der Waals surface area contributed by atoms with Crippen molar-refractivity contribution in [3.05, 3.63) is 108 Å². The first-order valence-corrected chi connectivity index (χ1v) is 10.1. The van der Waals surface area contributed by atoms with E-state index in [1.54, 1.807) is 7.11 Å². The van der Waals surface area contributed by atoms with E-state index >= 15 is 0 Å². The van der Waals surface area contributed by atoms with Crippen LogP contribution >= 0.6 is 0 Å². The van der Waals surface area contributed by atoms with Gasteiger partial charge in [0.25, 0.3) is 0 Å². The molecule has 0 atom stereocenters. The summed E-state index contributed by atoms with van der Waals surface area (Å²) in [6.45, 7) is 4.17. The number of aliphatic imine (C=N–C) groups is 1. The Labute approximate surface area is 178 Å². The monoisotopic (exact) mass is 391 g/mol. The van der Waals surface area contributed by atoms with Crippen LogP contribution in [0, 0.1) is 6.92 Å². The Hall–Kier alpha value is -3.65. The maximum atomic E-state index is 5.66. The summed E-state index contributed by atoms with van der Waals surface area (Å²) in [6.07, 6.45) is 0. The number of benzene rings is 4. The van der Waals surface area contributed by atoms with Gasteiger partial charge in [0.15, 0.2) is 0 Å². The van der Waals surface area contributed by atoms with Crippen LogP contribution in [-0.4, -0.2) is 12.8 Å². The van der Waals surface area contributed by atoms with Crippen molar-refractivity contribution >= 4 is 11.4 Å². The van der Waals surface area contributed by atoms with Gasteiger partial charge in [0, 0.05) is 11.3 Å². The highest BCUT2D eigenvalue weighted by Crippen LogP contribution is 2.37. The smallest absolute Gasteiger partial charge is 0.120 e. The number of nitrogens with zero attached hydrogens (tertiary/aromatic N) is 1. The van der Waals surface area contributed by atoms with E-state index in [1.807, 2.05) is 12.1 Å². The van der Waals surface area contributed by atoms with Crippen LogP contribution in [0.25, 0.3) is 22.3 Å². The molecule has 0 amide bonds. The van der Waals surface area contributed by atoms with Gasteiger partial charge in [0.05, 0.1) is 12.8 Å². The molecule has 0 N–H and O–H groups in total. The van der Waals surface area contributed by atoms with Crippen molar-refractivity contribution < 1.29 is 4.74 Å². The average Bonchev–Trinajstić information content (AvgIpc) is 2.80. The highest BCUT2D eigenvalue weighted by molar-refractivity contribution is 6.11. The summed E-state index contributed by atoms with van der Waals surface area (Å²) in [7, 11) is 1.71. The quantitative estimate of drug-likeness (QED) is 0.323. The van der Waals surface area contributed by atoms with Crippen LogP contribution in [0.1, 0.15) is 18.1 Å². The van der Waals surface area contributed by atoms with Crippen molar-refractivity contribution in [1.82, 2.24) is 0 Å². The number of ether oxygens (including phenoxy) is 1. The number of rotatable bonds is 5. The molecule has 148 valence electrons. The van der Waals surface area contributed by atoms with Crippen LogP contribution in [0.2, 0.25) is 0 Å². The molecular formula is C28H25NO. The topological polar surface area (TPSA) is 21.6 Å². The second kappa shape index (κ2) is 8.79. The minimum Gasteiger partial charge on any atom is -0.497 e. The number of hydrogen-bond donors (Lipinski definition) is 0. The number of hydrogen-bond acceptors (Lipinski definition) is 2. The highest BCUT2D eigenvalue weighted by Gasteiger charge is 2.17. The van der Waals surface area contributed by atoms with Crippen LogP contribution < -0.4 is 4.74 Å². The lowest BCUT2D eigenvalue weighted by Crippen LogP contribution is -2.03. The van der Waals surface area contributed by atoms with Crippen molar-refractivity contribution in [3.63, 3.8) is 0 Å². The molecule has 0 unspecified atom stereocenters. The summed E-state index contributed by atoms with van der Waals surface area (Å²) >= 11 is 0. The van der Waals surface area contributed by atoms with Gasteiger partial charge < -0.3 is 4.74 Å². The fourth-order valence-corrected chi connectivity index (χ4v) is 3.68. The van der Waals surface area contributed by atoms with E-state index in [0.717, 1.165) is 45.0 Å². The van der Waals surface area contributed by atoms with Gasteiger partial charge in [-0.1, -0.05) is 78.4 Å². The van der Waals surface area contributed by atoms with Gasteiger partial charge in [0.2, 0.25) is 0 Å². The van der Waals surface area contributed by atoms with Gasteiger partial charge in [0.1, 0.15) is 5.75 Å². The maximum absolute atomic E-state index is 5.66. The van der Waals surface area contributed by atoms with E-state index in [-0.39, 0.29) is 0 Å². The molecule has 30 heavy (non-hydrogen) atoms. The van der Waals surface area contributed by atoms with Crippen LogP contribution in [0.3, 0.4) is 0 Å². The molecule has 4 rings (SSSR count). The standard InChI is InChI=1S/C28H25NO/c1-20-14-16-24(17-15-20)29-21(2)28-26(22-10-6-4-7-11-22)18-25(30-3)19-27(28)23-12-8-5-9-13-23/h4-19H,1-3H3. The fourth-order valence-electron chi connectivity index (χ4n) is 3.68. The molecule has 4 aromatic rings. The highest BCUT2D eigenvalue weighted by atomic mass is 16.5. The molecule has 0 spiro atoms. The largest absolute Gasteiger partial charge is 0.497 e. The third-order valence-electron chi connectivity index (χ3n) is 5.21. The molecule has 2 nitrogen and oxygen atoms in total. The molecule has 0 heterocycles. The SMILES string of the molecule is COc1cc(-c2ccccc2)c(C(C)=Nc2ccc(C)cc2)c(-c2ccccc2)c1. The molecule has 0 aliphatic heterocycles. The second-order valence-electron chi connectivity index (χ2n) is 7.36. The number of methoxy groups -OCH3 is 1. The summed E-state index contributed by atoms with van der Waals surface area (Å²) in [4.78, 5) is 4.97. The summed E-state index contributed by atoms with van der Waals surface area (Å²) in [6, 6.07) is 33.4. The van der Waals surface area contributed by atoms with Gasteiger partial charge >= 0.3 is 0 Å². The predicted octanol–water partition coefficient (Wildman–Crippen LogP) is 7.48. The first-order chi connectivity index (χ1) is 14.7.